The van der Waals surface area contributed by atoms with E-state index in [0.717, 1.165) is 4.57 Å². The van der Waals surface area contributed by atoms with Gasteiger partial charge in [-0.05, 0) is 6.92 Å². The summed E-state index contributed by atoms with van der Waals surface area (Å²) in [5.41, 5.74) is -2.56. The SMILES string of the molecule is CN=C(NC)N1C[C@]2(COP(=O)(O)O)O[C@@H](n3cc(C)c(=O)[nH]c3=O)[C@H]1[C@@H]2O. The summed E-state index contributed by atoms with van der Waals surface area (Å²) in [4.78, 5) is 50.0. The predicted molar refractivity (Wildman–Crippen MR) is 95.8 cm³/mol. The van der Waals surface area contributed by atoms with Crippen LogP contribution in [0.15, 0.2) is 20.8 Å². The molecule has 0 amide bonds. The van der Waals surface area contributed by atoms with Gasteiger partial charge in [0.05, 0.1) is 13.2 Å². The number of aliphatic hydroxyl groups is 1. The van der Waals surface area contributed by atoms with E-state index in [0.29, 0.717) is 5.96 Å². The maximum Gasteiger partial charge on any atom is 0.469 e. The third-order valence-corrected chi connectivity index (χ3v) is 5.38. The zero-order valence-electron chi connectivity index (χ0n) is 15.4. The number of H-pyrrole nitrogens is 1. The average Bonchev–Trinajstić information content (AvgIpc) is 3.05. The lowest BCUT2D eigenvalue weighted by Crippen LogP contribution is -2.54. The highest BCUT2D eigenvalue weighted by molar-refractivity contribution is 7.46. The maximum atomic E-state index is 12.3. The number of aryl methyl sites for hydroxylation is 1. The number of likely N-dealkylation sites (tertiary alicyclic amines) is 1. The predicted octanol–water partition coefficient (Wildman–Crippen LogP) is -2.53. The second kappa shape index (κ2) is 7.10. The molecule has 0 spiro atoms. The molecule has 0 radical (unpaired) electrons. The smallest absolute Gasteiger partial charge is 0.388 e. The van der Waals surface area contributed by atoms with Crippen LogP contribution in [0.4, 0.5) is 0 Å². The van der Waals surface area contributed by atoms with Gasteiger partial charge in [0.2, 0.25) is 0 Å². The summed E-state index contributed by atoms with van der Waals surface area (Å²) in [7, 11) is -1.69. The summed E-state index contributed by atoms with van der Waals surface area (Å²) in [5, 5.41) is 13.7. The summed E-state index contributed by atoms with van der Waals surface area (Å²) < 4.78 is 22.8. The lowest BCUT2D eigenvalue weighted by atomic mass is 10.0. The van der Waals surface area contributed by atoms with Gasteiger partial charge in [-0.2, -0.15) is 0 Å². The van der Waals surface area contributed by atoms with E-state index in [1.165, 1.54) is 20.2 Å². The maximum absolute atomic E-state index is 12.3. The first-order valence-corrected chi connectivity index (χ1v) is 9.85. The molecule has 0 unspecified atom stereocenters. The van der Waals surface area contributed by atoms with E-state index in [1.807, 2.05) is 0 Å². The van der Waals surface area contributed by atoms with Crippen molar-refractivity contribution in [3.63, 3.8) is 0 Å². The Labute approximate surface area is 158 Å². The number of morpholine rings is 1. The van der Waals surface area contributed by atoms with Crippen molar-refractivity contribution >= 4 is 13.8 Å². The van der Waals surface area contributed by atoms with E-state index < -0.39 is 49.7 Å². The Morgan fingerprint density at radius 2 is 2.21 bits per heavy atom. The fourth-order valence-electron chi connectivity index (χ4n) is 3.65. The van der Waals surface area contributed by atoms with Crippen molar-refractivity contribution in [1.29, 1.82) is 0 Å². The lowest BCUT2D eigenvalue weighted by Gasteiger charge is -2.38. The lowest BCUT2D eigenvalue weighted by molar-refractivity contribution is -0.144. The number of nitrogens with one attached hydrogen (secondary N) is 2. The Kier molecular flexibility index (Phi) is 5.25. The summed E-state index contributed by atoms with van der Waals surface area (Å²) in [6.45, 7) is 0.912. The number of aliphatic imine (C=N–C) groups is 1. The van der Waals surface area contributed by atoms with Crippen LogP contribution in [0.1, 0.15) is 11.8 Å². The molecular weight excluding hydrogens is 397 g/mol. The standard InChI is InChI=1S/C14H22N5O8P/c1-7-4-18(13(22)17-10(7)21)11-8-9(20)14(27-11,6-26-28(23,24)25)5-19(8)12(15-2)16-3/h4,8-9,11,20H,5-6H2,1-3H3,(H,15,16)(H,17,21,22)(H2,23,24,25)/t8-,9+,11-,14-/m1/s1. The van der Waals surface area contributed by atoms with Crippen molar-refractivity contribution in [3.05, 3.63) is 32.6 Å². The molecule has 13 nitrogen and oxygen atoms in total. The van der Waals surface area contributed by atoms with Crippen molar-refractivity contribution < 1.29 is 28.7 Å². The molecule has 3 rings (SSSR count). The van der Waals surface area contributed by atoms with Crippen molar-refractivity contribution in [2.45, 2.75) is 30.9 Å². The molecule has 5 N–H and O–H groups in total. The van der Waals surface area contributed by atoms with Gasteiger partial charge in [-0.3, -0.25) is 23.9 Å². The monoisotopic (exact) mass is 419 g/mol. The second-order valence-electron chi connectivity index (χ2n) is 6.68. The Bertz CT molecular complexity index is 954. The normalized spacial score (nSPS) is 30.1. The summed E-state index contributed by atoms with van der Waals surface area (Å²) in [6.07, 6.45) is -1.01. The molecule has 3 heterocycles. The van der Waals surface area contributed by atoms with Gasteiger partial charge in [0.15, 0.2) is 12.2 Å². The number of aromatic amines is 1. The third-order valence-electron chi connectivity index (χ3n) is 4.91. The van der Waals surface area contributed by atoms with Crippen LogP contribution < -0.4 is 16.6 Å². The Morgan fingerprint density at radius 3 is 2.79 bits per heavy atom. The van der Waals surface area contributed by atoms with Gasteiger partial charge in [-0.15, -0.1) is 0 Å². The molecule has 156 valence electrons. The van der Waals surface area contributed by atoms with Crippen LogP contribution in [0.25, 0.3) is 0 Å². The summed E-state index contributed by atoms with van der Waals surface area (Å²) in [6, 6.07) is -0.825. The average molecular weight is 419 g/mol. The van der Waals surface area contributed by atoms with Crippen molar-refractivity contribution in [3.8, 4) is 0 Å². The Morgan fingerprint density at radius 1 is 1.54 bits per heavy atom. The van der Waals surface area contributed by atoms with Gasteiger partial charge in [-0.25, -0.2) is 9.36 Å². The molecule has 1 aromatic heterocycles. The zero-order chi connectivity index (χ0) is 20.9. The molecule has 1 aromatic rings. The van der Waals surface area contributed by atoms with Gasteiger partial charge < -0.3 is 29.8 Å². The van der Waals surface area contributed by atoms with Gasteiger partial charge in [-0.1, -0.05) is 0 Å². The highest BCUT2D eigenvalue weighted by Crippen LogP contribution is 2.48. The third kappa shape index (κ3) is 3.41. The minimum atomic E-state index is -4.83. The van der Waals surface area contributed by atoms with Crippen molar-refractivity contribution in [2.24, 2.45) is 4.99 Å². The Balaban J connectivity index is 2.06. The molecule has 4 atom stereocenters. The van der Waals surface area contributed by atoms with Crippen LogP contribution in [0.3, 0.4) is 0 Å². The second-order valence-corrected chi connectivity index (χ2v) is 7.92. The molecule has 2 aliphatic rings. The van der Waals surface area contributed by atoms with Crippen LogP contribution in [0.2, 0.25) is 0 Å². The zero-order valence-corrected chi connectivity index (χ0v) is 16.3. The molecule has 2 aliphatic heterocycles. The first-order chi connectivity index (χ1) is 13.0. The number of guanidine groups is 1. The molecule has 2 saturated heterocycles. The number of ether oxygens (including phenoxy) is 1. The molecule has 28 heavy (non-hydrogen) atoms. The highest BCUT2D eigenvalue weighted by atomic mass is 31.2. The Hall–Kier alpha value is -2.02. The van der Waals surface area contributed by atoms with Gasteiger partial charge in [0.25, 0.3) is 5.56 Å². The van der Waals surface area contributed by atoms with E-state index in [-0.39, 0.29) is 12.1 Å². The molecule has 0 aliphatic carbocycles. The number of phosphoric ester groups is 1. The summed E-state index contributed by atoms with van der Waals surface area (Å²) in [5.74, 6) is 0.379. The fourth-order valence-corrected chi connectivity index (χ4v) is 4.04. The number of aliphatic hydroxyl groups excluding tert-OH is 1. The van der Waals surface area contributed by atoms with Crippen LogP contribution in [-0.4, -0.2) is 80.3 Å². The number of hydrogen-bond donors (Lipinski definition) is 5. The minimum absolute atomic E-state index is 0.0138. The fraction of sp³-hybridized carbons (Fsp3) is 0.643. The molecule has 0 aromatic carbocycles. The quantitative estimate of drug-likeness (QED) is 0.199. The number of aromatic nitrogens is 2. The van der Waals surface area contributed by atoms with Crippen LogP contribution in [0, 0.1) is 6.92 Å². The number of rotatable bonds is 4. The van der Waals surface area contributed by atoms with E-state index >= 15 is 0 Å². The van der Waals surface area contributed by atoms with E-state index in [4.69, 9.17) is 14.5 Å². The van der Waals surface area contributed by atoms with Gasteiger partial charge in [0, 0.05) is 25.9 Å². The van der Waals surface area contributed by atoms with E-state index in [1.54, 1.807) is 11.9 Å². The van der Waals surface area contributed by atoms with Gasteiger partial charge >= 0.3 is 13.5 Å². The van der Waals surface area contributed by atoms with Crippen LogP contribution >= 0.6 is 7.82 Å². The minimum Gasteiger partial charge on any atom is -0.388 e. The van der Waals surface area contributed by atoms with E-state index in [9.17, 15) is 19.3 Å². The van der Waals surface area contributed by atoms with Crippen molar-refractivity contribution in [1.82, 2.24) is 19.8 Å². The number of nitrogens with zero attached hydrogens (tertiary/aromatic N) is 3. The molecule has 2 bridgehead atoms. The van der Waals surface area contributed by atoms with Crippen LogP contribution in [-0.2, 0) is 13.8 Å². The molecule has 0 saturated carbocycles. The first kappa shape index (κ1) is 20.7. The number of hydrogen-bond acceptors (Lipinski definition) is 7. The molecule has 14 heteroatoms. The topological polar surface area (TPSA) is 179 Å². The van der Waals surface area contributed by atoms with E-state index in [2.05, 4.69) is 19.8 Å². The van der Waals surface area contributed by atoms with Gasteiger partial charge in [0.1, 0.15) is 17.7 Å². The summed E-state index contributed by atoms with van der Waals surface area (Å²) >= 11 is 0. The highest BCUT2D eigenvalue weighted by Gasteiger charge is 2.65. The molecular formula is C14H22N5O8P. The molecule has 2 fully saturated rings. The number of fused-ring (bicyclic) bond motifs is 2. The van der Waals surface area contributed by atoms with Crippen LogP contribution in [0.5, 0.6) is 0 Å². The first-order valence-electron chi connectivity index (χ1n) is 8.32. The largest absolute Gasteiger partial charge is 0.469 e. The number of phosphoric acid groups is 1. The van der Waals surface area contributed by atoms with Crippen molar-refractivity contribution in [2.75, 3.05) is 27.2 Å².